The largest absolute Gasteiger partial charge is 0.395 e. The fourth-order valence-electron chi connectivity index (χ4n) is 2.35. The van der Waals surface area contributed by atoms with Gasteiger partial charge in [0.25, 0.3) is 0 Å². The van der Waals surface area contributed by atoms with Gasteiger partial charge in [0.05, 0.1) is 6.61 Å². The maximum atomic E-state index is 9.37. The molecule has 0 fully saturated rings. The topological polar surface area (TPSA) is 35.5 Å². The normalized spacial score (nSPS) is 12.8. The molecule has 1 aromatic rings. The van der Waals surface area contributed by atoms with Crippen LogP contribution in [0.1, 0.15) is 31.4 Å². The van der Waals surface area contributed by atoms with Gasteiger partial charge in [-0.15, -0.1) is 0 Å². The van der Waals surface area contributed by atoms with Gasteiger partial charge in [-0.25, -0.2) is 0 Å². The third kappa shape index (κ3) is 5.62. The fourth-order valence-corrected chi connectivity index (χ4v) is 2.35. The van der Waals surface area contributed by atoms with E-state index >= 15 is 0 Å². The molecule has 0 saturated carbocycles. The molecule has 0 aromatic heterocycles. The van der Waals surface area contributed by atoms with Crippen LogP contribution in [0.15, 0.2) is 18.2 Å². The van der Waals surface area contributed by atoms with Gasteiger partial charge in [0.15, 0.2) is 0 Å². The highest BCUT2D eigenvalue weighted by Gasteiger charge is 2.10. The number of nitrogens with zero attached hydrogens (tertiary/aromatic N) is 1. The minimum Gasteiger partial charge on any atom is -0.395 e. The van der Waals surface area contributed by atoms with Gasteiger partial charge in [-0.05, 0) is 43.5 Å². The first kappa shape index (κ1) is 16.0. The first-order valence-electron chi connectivity index (χ1n) is 7.08. The Morgan fingerprint density at radius 3 is 2.21 bits per heavy atom. The van der Waals surface area contributed by atoms with E-state index in [-0.39, 0.29) is 12.6 Å². The molecule has 108 valence electrons. The molecule has 1 aromatic carbocycles. The van der Waals surface area contributed by atoms with E-state index in [1.165, 1.54) is 16.8 Å². The fraction of sp³-hybridized carbons (Fsp3) is 0.625. The van der Waals surface area contributed by atoms with Gasteiger partial charge in [-0.2, -0.15) is 0 Å². The second kappa shape index (κ2) is 7.51. The molecule has 3 heteroatoms. The van der Waals surface area contributed by atoms with Gasteiger partial charge >= 0.3 is 0 Å². The smallest absolute Gasteiger partial charge is 0.0585 e. The summed E-state index contributed by atoms with van der Waals surface area (Å²) in [4.78, 5) is 2.25. The summed E-state index contributed by atoms with van der Waals surface area (Å²) in [5.74, 6) is 0. The minimum absolute atomic E-state index is 0.174. The summed E-state index contributed by atoms with van der Waals surface area (Å²) in [6, 6.07) is 7.18. The number of hydrogen-bond donors (Lipinski definition) is 2. The zero-order valence-corrected chi connectivity index (χ0v) is 12.9. The zero-order valence-electron chi connectivity index (χ0n) is 12.9. The van der Waals surface area contributed by atoms with Crippen molar-refractivity contribution >= 4 is 5.69 Å². The van der Waals surface area contributed by atoms with E-state index in [4.69, 9.17) is 0 Å². The Morgan fingerprint density at radius 2 is 1.74 bits per heavy atom. The van der Waals surface area contributed by atoms with Crippen LogP contribution in [0.5, 0.6) is 0 Å². The third-order valence-corrected chi connectivity index (χ3v) is 3.25. The first-order valence-corrected chi connectivity index (χ1v) is 7.08. The van der Waals surface area contributed by atoms with Crippen LogP contribution in [-0.2, 0) is 0 Å². The second-order valence-corrected chi connectivity index (χ2v) is 5.76. The van der Waals surface area contributed by atoms with E-state index in [1.54, 1.807) is 0 Å². The van der Waals surface area contributed by atoms with Crippen LogP contribution in [0.4, 0.5) is 5.69 Å². The molecule has 2 N–H and O–H groups in total. The quantitative estimate of drug-likeness (QED) is 0.794. The standard InChI is InChI=1S/C16H28N2O/c1-12(2)17-15(11-19)6-7-18(5)16-9-13(3)8-14(4)10-16/h8-10,12,15,17,19H,6-7,11H2,1-5H3. The van der Waals surface area contributed by atoms with Crippen molar-refractivity contribution in [2.45, 2.75) is 46.2 Å². The highest BCUT2D eigenvalue weighted by molar-refractivity contribution is 5.50. The third-order valence-electron chi connectivity index (χ3n) is 3.25. The molecule has 19 heavy (non-hydrogen) atoms. The van der Waals surface area contributed by atoms with Crippen molar-refractivity contribution in [1.82, 2.24) is 5.32 Å². The van der Waals surface area contributed by atoms with E-state index < -0.39 is 0 Å². The predicted molar refractivity (Wildman–Crippen MR) is 82.9 cm³/mol. The van der Waals surface area contributed by atoms with Crippen LogP contribution in [0.25, 0.3) is 0 Å². The molecular formula is C16H28N2O. The maximum Gasteiger partial charge on any atom is 0.0585 e. The SMILES string of the molecule is Cc1cc(C)cc(N(C)CCC(CO)NC(C)C)c1. The number of benzene rings is 1. The van der Waals surface area contributed by atoms with E-state index in [2.05, 4.69) is 63.2 Å². The summed E-state index contributed by atoms with van der Waals surface area (Å²) in [5, 5.41) is 12.7. The molecule has 3 nitrogen and oxygen atoms in total. The molecule has 1 rings (SSSR count). The summed E-state index contributed by atoms with van der Waals surface area (Å²) in [7, 11) is 2.11. The Labute approximate surface area is 117 Å². The maximum absolute atomic E-state index is 9.37. The molecule has 0 radical (unpaired) electrons. The van der Waals surface area contributed by atoms with Crippen molar-refractivity contribution in [3.63, 3.8) is 0 Å². The average Bonchev–Trinajstić information content (AvgIpc) is 2.32. The van der Waals surface area contributed by atoms with Gasteiger partial charge in [0.1, 0.15) is 0 Å². The molecular weight excluding hydrogens is 236 g/mol. The van der Waals surface area contributed by atoms with Gasteiger partial charge in [-0.3, -0.25) is 0 Å². The van der Waals surface area contributed by atoms with E-state index in [0.29, 0.717) is 6.04 Å². The Balaban J connectivity index is 2.56. The van der Waals surface area contributed by atoms with Crippen molar-refractivity contribution in [1.29, 1.82) is 0 Å². The van der Waals surface area contributed by atoms with Crippen molar-refractivity contribution in [3.05, 3.63) is 29.3 Å². The number of aliphatic hydroxyl groups excluding tert-OH is 1. The molecule has 0 saturated heterocycles. The number of rotatable bonds is 7. The van der Waals surface area contributed by atoms with Gasteiger partial charge in [-0.1, -0.05) is 19.9 Å². The molecule has 0 amide bonds. The Kier molecular flexibility index (Phi) is 6.32. The monoisotopic (exact) mass is 264 g/mol. The average molecular weight is 264 g/mol. The summed E-state index contributed by atoms with van der Waals surface area (Å²) >= 11 is 0. The molecule has 0 aliphatic rings. The lowest BCUT2D eigenvalue weighted by molar-refractivity contribution is 0.229. The van der Waals surface area contributed by atoms with E-state index in [1.807, 2.05) is 0 Å². The van der Waals surface area contributed by atoms with Crippen LogP contribution >= 0.6 is 0 Å². The first-order chi connectivity index (χ1) is 8.92. The molecule has 1 unspecified atom stereocenters. The predicted octanol–water partition coefficient (Wildman–Crippen LogP) is 2.49. The van der Waals surface area contributed by atoms with Crippen molar-refractivity contribution < 1.29 is 5.11 Å². The lowest BCUT2D eigenvalue weighted by Gasteiger charge is -2.25. The van der Waals surface area contributed by atoms with Crippen LogP contribution in [0.3, 0.4) is 0 Å². The molecule has 0 bridgehead atoms. The summed E-state index contributed by atoms with van der Waals surface area (Å²) in [6.45, 7) is 9.60. The number of aliphatic hydroxyl groups is 1. The van der Waals surface area contributed by atoms with E-state index in [9.17, 15) is 5.11 Å². The Morgan fingerprint density at radius 1 is 1.16 bits per heavy atom. The van der Waals surface area contributed by atoms with Gasteiger partial charge < -0.3 is 15.3 Å². The van der Waals surface area contributed by atoms with E-state index in [0.717, 1.165) is 13.0 Å². The summed E-state index contributed by atoms with van der Waals surface area (Å²) < 4.78 is 0. The van der Waals surface area contributed by atoms with Crippen molar-refractivity contribution in [3.8, 4) is 0 Å². The zero-order chi connectivity index (χ0) is 14.4. The van der Waals surface area contributed by atoms with Crippen LogP contribution in [-0.4, -0.2) is 37.4 Å². The van der Waals surface area contributed by atoms with Crippen molar-refractivity contribution in [2.24, 2.45) is 0 Å². The lowest BCUT2D eigenvalue weighted by Crippen LogP contribution is -2.39. The molecule has 1 atom stereocenters. The number of nitrogens with one attached hydrogen (secondary N) is 1. The Hall–Kier alpha value is -1.06. The Bertz CT molecular complexity index is 370. The minimum atomic E-state index is 0.174. The number of hydrogen-bond acceptors (Lipinski definition) is 3. The summed E-state index contributed by atoms with van der Waals surface area (Å²) in [5.41, 5.74) is 3.83. The highest BCUT2D eigenvalue weighted by Crippen LogP contribution is 2.17. The molecule has 0 aliphatic carbocycles. The van der Waals surface area contributed by atoms with Crippen LogP contribution in [0, 0.1) is 13.8 Å². The molecule has 0 heterocycles. The lowest BCUT2D eigenvalue weighted by atomic mass is 10.1. The number of aryl methyl sites for hydroxylation is 2. The van der Waals surface area contributed by atoms with Gasteiger partial charge in [0.2, 0.25) is 0 Å². The van der Waals surface area contributed by atoms with Crippen LogP contribution in [0.2, 0.25) is 0 Å². The summed E-state index contributed by atoms with van der Waals surface area (Å²) in [6.07, 6.45) is 0.943. The second-order valence-electron chi connectivity index (χ2n) is 5.76. The van der Waals surface area contributed by atoms with Crippen molar-refractivity contribution in [2.75, 3.05) is 25.1 Å². The molecule has 0 aliphatic heterocycles. The molecule has 0 spiro atoms. The van der Waals surface area contributed by atoms with Crippen LogP contribution < -0.4 is 10.2 Å². The van der Waals surface area contributed by atoms with Gasteiger partial charge in [0, 0.05) is 31.4 Å². The number of anilines is 1. The highest BCUT2D eigenvalue weighted by atomic mass is 16.3.